The first-order valence-corrected chi connectivity index (χ1v) is 6.66. The zero-order valence-corrected chi connectivity index (χ0v) is 11.8. The third kappa shape index (κ3) is 3.68. The number of aromatic nitrogens is 2. The predicted molar refractivity (Wildman–Crippen MR) is 78.8 cm³/mol. The van der Waals surface area contributed by atoms with E-state index in [-0.39, 0.29) is 5.91 Å². The van der Waals surface area contributed by atoms with Crippen LogP contribution in [0.4, 0.5) is 5.69 Å². The minimum absolute atomic E-state index is 0.200. The van der Waals surface area contributed by atoms with Crippen molar-refractivity contribution in [3.05, 3.63) is 52.8 Å². The molecule has 0 aliphatic rings. The van der Waals surface area contributed by atoms with Gasteiger partial charge >= 0.3 is 0 Å². The minimum Gasteiger partial charge on any atom is -0.385 e. The molecule has 0 saturated heterocycles. The van der Waals surface area contributed by atoms with Crippen molar-refractivity contribution in [1.29, 1.82) is 0 Å². The van der Waals surface area contributed by atoms with Crippen LogP contribution in [-0.4, -0.2) is 22.6 Å². The van der Waals surface area contributed by atoms with Gasteiger partial charge < -0.3 is 10.6 Å². The molecule has 0 atom stereocenters. The minimum atomic E-state index is -0.200. The predicted octanol–water partition coefficient (Wildman–Crippen LogP) is 2.49. The van der Waals surface area contributed by atoms with Gasteiger partial charge in [-0.15, -0.1) is 0 Å². The normalized spacial score (nSPS) is 10.1. The van der Waals surface area contributed by atoms with Crippen LogP contribution >= 0.6 is 11.6 Å². The van der Waals surface area contributed by atoms with E-state index in [9.17, 15) is 4.79 Å². The van der Waals surface area contributed by atoms with Crippen LogP contribution in [-0.2, 0) is 6.54 Å². The van der Waals surface area contributed by atoms with E-state index in [2.05, 4.69) is 20.8 Å². The van der Waals surface area contributed by atoms with E-state index in [0.717, 1.165) is 12.2 Å². The van der Waals surface area contributed by atoms with Crippen LogP contribution in [0.15, 0.2) is 36.5 Å². The highest BCUT2D eigenvalue weighted by atomic mass is 35.5. The third-order valence-corrected chi connectivity index (χ3v) is 2.89. The van der Waals surface area contributed by atoms with E-state index in [0.29, 0.717) is 22.8 Å². The van der Waals surface area contributed by atoms with Crippen LogP contribution in [0.2, 0.25) is 5.02 Å². The molecule has 104 valence electrons. The summed E-state index contributed by atoms with van der Waals surface area (Å²) < 4.78 is 0. The fraction of sp³-hybridized carbons (Fsp3) is 0.214. The zero-order valence-electron chi connectivity index (χ0n) is 11.1. The summed E-state index contributed by atoms with van der Waals surface area (Å²) in [4.78, 5) is 12.2. The summed E-state index contributed by atoms with van der Waals surface area (Å²) >= 11 is 5.95. The smallest absolute Gasteiger partial charge is 0.253 e. The molecule has 0 spiro atoms. The van der Waals surface area contributed by atoms with Gasteiger partial charge in [0.15, 0.2) is 0 Å². The lowest BCUT2D eigenvalue weighted by atomic mass is 10.1. The largest absolute Gasteiger partial charge is 0.385 e. The van der Waals surface area contributed by atoms with Crippen LogP contribution in [0.5, 0.6) is 0 Å². The molecule has 0 radical (unpaired) electrons. The van der Waals surface area contributed by atoms with Gasteiger partial charge in [-0.3, -0.25) is 4.79 Å². The van der Waals surface area contributed by atoms with Crippen molar-refractivity contribution < 1.29 is 4.79 Å². The van der Waals surface area contributed by atoms with Crippen molar-refractivity contribution in [1.82, 2.24) is 15.5 Å². The van der Waals surface area contributed by atoms with Crippen molar-refractivity contribution in [2.45, 2.75) is 13.5 Å². The summed E-state index contributed by atoms with van der Waals surface area (Å²) in [6.07, 6.45) is 1.59. The zero-order chi connectivity index (χ0) is 14.4. The van der Waals surface area contributed by atoms with E-state index in [1.807, 2.05) is 6.92 Å². The lowest BCUT2D eigenvalue weighted by molar-refractivity contribution is 0.0951. The van der Waals surface area contributed by atoms with Crippen molar-refractivity contribution in [2.24, 2.45) is 0 Å². The Morgan fingerprint density at radius 1 is 1.35 bits per heavy atom. The second kappa shape index (κ2) is 6.86. The van der Waals surface area contributed by atoms with Gasteiger partial charge in [0.25, 0.3) is 5.91 Å². The Labute approximate surface area is 122 Å². The van der Waals surface area contributed by atoms with Crippen LogP contribution in [0.1, 0.15) is 23.0 Å². The van der Waals surface area contributed by atoms with Crippen LogP contribution < -0.4 is 10.6 Å². The highest BCUT2D eigenvalue weighted by Gasteiger charge is 2.11. The number of nitrogens with zero attached hydrogens (tertiary/aromatic N) is 2. The number of halogens is 1. The summed E-state index contributed by atoms with van der Waals surface area (Å²) in [5.74, 6) is -0.200. The first-order valence-electron chi connectivity index (χ1n) is 6.29. The average Bonchev–Trinajstić information content (AvgIpc) is 2.48. The molecule has 2 rings (SSSR count). The molecule has 1 heterocycles. The molecule has 0 aliphatic carbocycles. The van der Waals surface area contributed by atoms with Gasteiger partial charge in [-0.2, -0.15) is 10.2 Å². The highest BCUT2D eigenvalue weighted by molar-refractivity contribution is 6.31. The molecular formula is C14H15ClN4O. The Hall–Kier alpha value is -2.14. The van der Waals surface area contributed by atoms with Crippen LogP contribution in [0.25, 0.3) is 0 Å². The maximum Gasteiger partial charge on any atom is 0.253 e. The number of nitrogens with one attached hydrogen (secondary N) is 2. The van der Waals surface area contributed by atoms with E-state index in [4.69, 9.17) is 11.6 Å². The van der Waals surface area contributed by atoms with Gasteiger partial charge in [-0.05, 0) is 37.3 Å². The molecule has 0 unspecified atom stereocenters. The SMILES string of the molecule is CCNc1ccc(Cl)cc1C(=O)NCc1cccnn1. The number of carbonyl (C=O) groups is 1. The first kappa shape index (κ1) is 14.3. The molecule has 1 aromatic heterocycles. The van der Waals surface area contributed by atoms with Crippen molar-refractivity contribution >= 4 is 23.2 Å². The summed E-state index contributed by atoms with van der Waals surface area (Å²) in [5, 5.41) is 14.1. The lowest BCUT2D eigenvalue weighted by Crippen LogP contribution is -2.24. The molecule has 6 heteroatoms. The Morgan fingerprint density at radius 2 is 2.20 bits per heavy atom. The third-order valence-electron chi connectivity index (χ3n) is 2.65. The van der Waals surface area contributed by atoms with Gasteiger partial charge in [0.05, 0.1) is 17.8 Å². The number of hydrogen-bond donors (Lipinski definition) is 2. The quantitative estimate of drug-likeness (QED) is 0.888. The topological polar surface area (TPSA) is 66.9 Å². The summed E-state index contributed by atoms with van der Waals surface area (Å²) in [6.45, 7) is 3.02. The first-order chi connectivity index (χ1) is 9.70. The molecule has 5 nitrogen and oxygen atoms in total. The van der Waals surface area contributed by atoms with Gasteiger partial charge in [0, 0.05) is 23.5 Å². The molecule has 0 saturated carbocycles. The number of benzene rings is 1. The monoisotopic (exact) mass is 290 g/mol. The Kier molecular flexibility index (Phi) is 4.90. The number of rotatable bonds is 5. The number of anilines is 1. The highest BCUT2D eigenvalue weighted by Crippen LogP contribution is 2.20. The fourth-order valence-corrected chi connectivity index (χ4v) is 1.91. The second-order valence-corrected chi connectivity index (χ2v) is 4.55. The molecule has 2 N–H and O–H groups in total. The maximum atomic E-state index is 12.2. The molecule has 1 amide bonds. The lowest BCUT2D eigenvalue weighted by Gasteiger charge is -2.11. The van der Waals surface area contributed by atoms with E-state index >= 15 is 0 Å². The van der Waals surface area contributed by atoms with Crippen molar-refractivity contribution in [3.8, 4) is 0 Å². The maximum absolute atomic E-state index is 12.2. The Morgan fingerprint density at radius 3 is 2.90 bits per heavy atom. The van der Waals surface area contributed by atoms with Crippen molar-refractivity contribution in [3.63, 3.8) is 0 Å². The van der Waals surface area contributed by atoms with E-state index in [1.165, 1.54) is 0 Å². The number of amides is 1. The summed E-state index contributed by atoms with van der Waals surface area (Å²) in [7, 11) is 0. The van der Waals surface area contributed by atoms with Crippen LogP contribution in [0.3, 0.4) is 0 Å². The van der Waals surface area contributed by atoms with Gasteiger partial charge in [-0.1, -0.05) is 11.6 Å². The molecule has 0 aliphatic heterocycles. The fourth-order valence-electron chi connectivity index (χ4n) is 1.74. The molecule has 0 bridgehead atoms. The standard InChI is InChI=1S/C14H15ClN4O/c1-2-16-13-6-5-10(15)8-12(13)14(20)17-9-11-4-3-7-18-19-11/h3-8,16H,2,9H2,1H3,(H,17,20). The molecule has 2 aromatic rings. The van der Waals surface area contributed by atoms with E-state index in [1.54, 1.807) is 36.5 Å². The summed E-state index contributed by atoms with van der Waals surface area (Å²) in [6, 6.07) is 8.77. The Balaban J connectivity index is 2.10. The van der Waals surface area contributed by atoms with Crippen molar-refractivity contribution in [2.75, 3.05) is 11.9 Å². The van der Waals surface area contributed by atoms with E-state index < -0.39 is 0 Å². The van der Waals surface area contributed by atoms with Gasteiger partial charge in [-0.25, -0.2) is 0 Å². The second-order valence-electron chi connectivity index (χ2n) is 4.12. The number of carbonyl (C=O) groups excluding carboxylic acids is 1. The number of hydrogen-bond acceptors (Lipinski definition) is 4. The molecule has 0 fully saturated rings. The average molecular weight is 291 g/mol. The Bertz CT molecular complexity index is 589. The summed E-state index contributed by atoms with van der Waals surface area (Å²) in [5.41, 5.74) is 1.98. The van der Waals surface area contributed by atoms with Gasteiger partial charge in [0.2, 0.25) is 0 Å². The molecule has 20 heavy (non-hydrogen) atoms. The molecular weight excluding hydrogens is 276 g/mol. The van der Waals surface area contributed by atoms with Crippen LogP contribution in [0, 0.1) is 0 Å². The molecule has 1 aromatic carbocycles. The van der Waals surface area contributed by atoms with Gasteiger partial charge in [0.1, 0.15) is 0 Å².